The zero-order chi connectivity index (χ0) is 18.2. The highest BCUT2D eigenvalue weighted by Crippen LogP contribution is 2.17. The number of hydrogen-bond acceptors (Lipinski definition) is 5. The number of carbonyl (C=O) groups excluding carboxylic acids is 2. The highest BCUT2D eigenvalue weighted by Gasteiger charge is 2.11. The number of halogens is 2. The van der Waals surface area contributed by atoms with E-state index in [2.05, 4.69) is 5.32 Å². The Hall–Kier alpha value is -3.16. The molecule has 0 aliphatic heterocycles. The third kappa shape index (κ3) is 5.76. The standard InChI is InChI=1S/C17H15F2NO5/c1-23-12-3-5-13(6-4-12)24-10-17(22)25-9-16(21)20-15-7-2-11(18)8-14(15)19/h2-8H,9-10H2,1H3,(H,20,21). The molecule has 2 aromatic rings. The van der Waals surface area contributed by atoms with Crippen molar-refractivity contribution in [1.82, 2.24) is 0 Å². The SMILES string of the molecule is COc1ccc(OCC(=O)OCC(=O)Nc2ccc(F)cc2F)cc1. The highest BCUT2D eigenvalue weighted by atomic mass is 19.1. The van der Waals surface area contributed by atoms with E-state index in [0.717, 1.165) is 12.1 Å². The first kappa shape index (κ1) is 18.2. The van der Waals surface area contributed by atoms with Gasteiger partial charge in [0, 0.05) is 6.07 Å². The number of nitrogens with one attached hydrogen (secondary N) is 1. The molecule has 2 aromatic carbocycles. The second kappa shape index (κ2) is 8.62. The van der Waals surface area contributed by atoms with Gasteiger partial charge in [-0.3, -0.25) is 4.79 Å². The predicted molar refractivity (Wildman–Crippen MR) is 84.4 cm³/mol. The van der Waals surface area contributed by atoms with Crippen LogP contribution in [0.5, 0.6) is 11.5 Å². The molecule has 0 heterocycles. The fourth-order valence-electron chi connectivity index (χ4n) is 1.78. The van der Waals surface area contributed by atoms with Crippen LogP contribution in [-0.4, -0.2) is 32.2 Å². The van der Waals surface area contributed by atoms with Crippen molar-refractivity contribution in [2.75, 3.05) is 25.6 Å². The summed E-state index contributed by atoms with van der Waals surface area (Å²) in [7, 11) is 1.52. The van der Waals surface area contributed by atoms with Gasteiger partial charge in [0.1, 0.15) is 23.1 Å². The van der Waals surface area contributed by atoms with Crippen molar-refractivity contribution < 1.29 is 32.6 Å². The normalized spacial score (nSPS) is 10.0. The van der Waals surface area contributed by atoms with Crippen LogP contribution < -0.4 is 14.8 Å². The van der Waals surface area contributed by atoms with Crippen LogP contribution in [0.25, 0.3) is 0 Å². The number of benzene rings is 2. The van der Waals surface area contributed by atoms with Gasteiger partial charge in [0.25, 0.3) is 5.91 Å². The lowest BCUT2D eigenvalue weighted by Crippen LogP contribution is -2.24. The Labute approximate surface area is 142 Å². The van der Waals surface area contributed by atoms with E-state index in [1.54, 1.807) is 24.3 Å². The first-order valence-electron chi connectivity index (χ1n) is 7.15. The fraction of sp³-hybridized carbons (Fsp3) is 0.176. The molecule has 0 fully saturated rings. The lowest BCUT2D eigenvalue weighted by atomic mass is 10.3. The van der Waals surface area contributed by atoms with Gasteiger partial charge in [-0.1, -0.05) is 0 Å². The fourth-order valence-corrected chi connectivity index (χ4v) is 1.78. The Morgan fingerprint density at radius 1 is 1.00 bits per heavy atom. The third-order valence-corrected chi connectivity index (χ3v) is 2.99. The molecule has 2 rings (SSSR count). The van der Waals surface area contributed by atoms with Gasteiger partial charge >= 0.3 is 5.97 Å². The van der Waals surface area contributed by atoms with E-state index in [4.69, 9.17) is 14.2 Å². The van der Waals surface area contributed by atoms with Gasteiger partial charge < -0.3 is 19.5 Å². The second-order valence-corrected chi connectivity index (χ2v) is 4.80. The number of rotatable bonds is 7. The maximum atomic E-state index is 13.4. The number of amides is 1. The molecule has 6 nitrogen and oxygen atoms in total. The first-order valence-corrected chi connectivity index (χ1v) is 7.15. The quantitative estimate of drug-likeness (QED) is 0.776. The average Bonchev–Trinajstić information content (AvgIpc) is 2.61. The van der Waals surface area contributed by atoms with E-state index in [-0.39, 0.29) is 5.69 Å². The first-order chi connectivity index (χ1) is 12.0. The highest BCUT2D eigenvalue weighted by molar-refractivity contribution is 5.92. The van der Waals surface area contributed by atoms with Gasteiger partial charge in [-0.05, 0) is 36.4 Å². The van der Waals surface area contributed by atoms with Crippen LogP contribution in [-0.2, 0) is 14.3 Å². The second-order valence-electron chi connectivity index (χ2n) is 4.80. The summed E-state index contributed by atoms with van der Waals surface area (Å²) in [5.74, 6) is -2.16. The Balaban J connectivity index is 1.74. The van der Waals surface area contributed by atoms with Gasteiger partial charge in [0.05, 0.1) is 12.8 Å². The zero-order valence-electron chi connectivity index (χ0n) is 13.3. The summed E-state index contributed by atoms with van der Waals surface area (Å²) in [4.78, 5) is 23.1. The Bertz CT molecular complexity index is 749. The lowest BCUT2D eigenvalue weighted by molar-refractivity contribution is -0.149. The Kier molecular flexibility index (Phi) is 6.27. The molecule has 1 N–H and O–H groups in total. The summed E-state index contributed by atoms with van der Waals surface area (Å²) < 4.78 is 41.0. The number of esters is 1. The third-order valence-electron chi connectivity index (χ3n) is 2.99. The molecular weight excluding hydrogens is 336 g/mol. The number of carbonyl (C=O) groups is 2. The summed E-state index contributed by atoms with van der Waals surface area (Å²) in [6, 6.07) is 9.22. The molecule has 132 valence electrons. The van der Waals surface area contributed by atoms with Crippen molar-refractivity contribution in [3.63, 3.8) is 0 Å². The van der Waals surface area contributed by atoms with E-state index in [1.807, 2.05) is 0 Å². The van der Waals surface area contributed by atoms with E-state index in [0.29, 0.717) is 17.6 Å². The molecule has 0 saturated heterocycles. The molecule has 0 aliphatic rings. The summed E-state index contributed by atoms with van der Waals surface area (Å²) >= 11 is 0. The van der Waals surface area contributed by atoms with Crippen LogP contribution in [0.1, 0.15) is 0 Å². The molecule has 1 amide bonds. The maximum absolute atomic E-state index is 13.4. The van der Waals surface area contributed by atoms with Crippen LogP contribution in [0.2, 0.25) is 0 Å². The Morgan fingerprint density at radius 2 is 1.68 bits per heavy atom. The minimum absolute atomic E-state index is 0.211. The van der Waals surface area contributed by atoms with Crippen molar-refractivity contribution in [2.24, 2.45) is 0 Å². The van der Waals surface area contributed by atoms with Crippen molar-refractivity contribution in [3.05, 3.63) is 54.1 Å². The average molecular weight is 351 g/mol. The van der Waals surface area contributed by atoms with Gasteiger partial charge in [0.2, 0.25) is 0 Å². The molecule has 0 aliphatic carbocycles. The number of methoxy groups -OCH3 is 1. The van der Waals surface area contributed by atoms with Crippen LogP contribution in [0.15, 0.2) is 42.5 Å². The molecule has 8 heteroatoms. The molecule has 0 bridgehead atoms. The maximum Gasteiger partial charge on any atom is 0.344 e. The topological polar surface area (TPSA) is 73.9 Å². The molecule has 25 heavy (non-hydrogen) atoms. The largest absolute Gasteiger partial charge is 0.497 e. The van der Waals surface area contributed by atoms with Crippen molar-refractivity contribution in [2.45, 2.75) is 0 Å². The van der Waals surface area contributed by atoms with Crippen LogP contribution in [0, 0.1) is 11.6 Å². The summed E-state index contributed by atoms with van der Waals surface area (Å²) in [6.45, 7) is -1.02. The monoisotopic (exact) mass is 351 g/mol. The number of anilines is 1. The summed E-state index contributed by atoms with van der Waals surface area (Å²) in [5, 5.41) is 2.17. The molecule has 0 spiro atoms. The number of ether oxygens (including phenoxy) is 3. The van der Waals surface area contributed by atoms with Gasteiger partial charge in [-0.25, -0.2) is 13.6 Å². The summed E-state index contributed by atoms with van der Waals surface area (Å²) in [6.07, 6.45) is 0. The van der Waals surface area contributed by atoms with Crippen LogP contribution in [0.3, 0.4) is 0 Å². The minimum Gasteiger partial charge on any atom is -0.497 e. The van der Waals surface area contributed by atoms with Gasteiger partial charge in [-0.15, -0.1) is 0 Å². The van der Waals surface area contributed by atoms with E-state index < -0.39 is 36.7 Å². The lowest BCUT2D eigenvalue weighted by Gasteiger charge is -2.09. The van der Waals surface area contributed by atoms with Crippen molar-refractivity contribution >= 4 is 17.6 Å². The molecule has 0 aromatic heterocycles. The predicted octanol–water partition coefficient (Wildman–Crippen LogP) is 2.53. The Morgan fingerprint density at radius 3 is 2.32 bits per heavy atom. The number of hydrogen-bond donors (Lipinski definition) is 1. The molecule has 0 saturated carbocycles. The zero-order valence-corrected chi connectivity index (χ0v) is 13.3. The molecule has 0 atom stereocenters. The minimum atomic E-state index is -0.928. The van der Waals surface area contributed by atoms with E-state index >= 15 is 0 Å². The molecule has 0 radical (unpaired) electrons. The van der Waals surface area contributed by atoms with Crippen molar-refractivity contribution in [1.29, 1.82) is 0 Å². The van der Waals surface area contributed by atoms with Crippen LogP contribution in [0.4, 0.5) is 14.5 Å². The molecular formula is C17H15F2NO5. The van der Waals surface area contributed by atoms with Crippen molar-refractivity contribution in [3.8, 4) is 11.5 Å². The van der Waals surface area contributed by atoms with Gasteiger partial charge in [-0.2, -0.15) is 0 Å². The van der Waals surface area contributed by atoms with Gasteiger partial charge in [0.15, 0.2) is 13.2 Å². The molecule has 0 unspecified atom stereocenters. The van der Waals surface area contributed by atoms with E-state index in [1.165, 1.54) is 7.11 Å². The van der Waals surface area contributed by atoms with Crippen LogP contribution >= 0.6 is 0 Å². The summed E-state index contributed by atoms with van der Waals surface area (Å²) in [5.41, 5.74) is -0.211. The van der Waals surface area contributed by atoms with E-state index in [9.17, 15) is 18.4 Å². The smallest absolute Gasteiger partial charge is 0.344 e.